The van der Waals surface area contributed by atoms with E-state index in [-0.39, 0.29) is 0 Å². The van der Waals surface area contributed by atoms with Crippen LogP contribution in [0.3, 0.4) is 0 Å². The number of nitrogens with zero attached hydrogens (tertiary/aromatic N) is 1. The van der Waals surface area contributed by atoms with Gasteiger partial charge in [-0.25, -0.2) is 0 Å². The highest BCUT2D eigenvalue weighted by Crippen LogP contribution is 2.12. The zero-order valence-corrected chi connectivity index (χ0v) is 20.9. The Morgan fingerprint density at radius 3 is 1.17 bits per heavy atom. The van der Waals surface area contributed by atoms with Crippen molar-refractivity contribution >= 4 is 0 Å². The number of hydrogen-bond donors (Lipinski definition) is 0. The molecule has 1 heteroatoms. The molecule has 0 fully saturated rings. The van der Waals surface area contributed by atoms with Gasteiger partial charge >= 0.3 is 0 Å². The van der Waals surface area contributed by atoms with Crippen LogP contribution in [0.5, 0.6) is 0 Å². The first-order valence-electron chi connectivity index (χ1n) is 13.8. The van der Waals surface area contributed by atoms with E-state index >= 15 is 0 Å². The summed E-state index contributed by atoms with van der Waals surface area (Å²) in [5.41, 5.74) is 0. The lowest BCUT2D eigenvalue weighted by Crippen LogP contribution is -2.20. The molecule has 0 spiro atoms. The summed E-state index contributed by atoms with van der Waals surface area (Å²) in [5, 5.41) is 0. The average Bonchev–Trinajstić information content (AvgIpc) is 2.73. The molecule has 0 unspecified atom stereocenters. The Morgan fingerprint density at radius 1 is 0.414 bits per heavy atom. The second-order valence-corrected chi connectivity index (χ2v) is 9.22. The van der Waals surface area contributed by atoms with Crippen LogP contribution in [0.2, 0.25) is 0 Å². The summed E-state index contributed by atoms with van der Waals surface area (Å²) in [4.78, 5) is 2.63. The van der Waals surface area contributed by atoms with Gasteiger partial charge in [0.25, 0.3) is 0 Å². The molecule has 1 nitrogen and oxygen atoms in total. The standard InChI is InChI=1S/C28H57N/c1-4-7-10-13-16-17-18-19-22-25-28-29(26-23-20-14-11-8-5-2)27-24-21-15-12-9-6-3/h25,28H,4-24,26-27H2,1-3H3. The van der Waals surface area contributed by atoms with Crippen molar-refractivity contribution < 1.29 is 0 Å². The predicted octanol–water partition coefficient (Wildman–Crippen LogP) is 10.1. The summed E-state index contributed by atoms with van der Waals surface area (Å²) in [6.07, 6.45) is 34.4. The quantitative estimate of drug-likeness (QED) is 0.144. The molecular weight excluding hydrogens is 350 g/mol. The molecule has 0 rings (SSSR count). The molecule has 0 amide bonds. The van der Waals surface area contributed by atoms with E-state index in [2.05, 4.69) is 37.9 Å². The first-order valence-corrected chi connectivity index (χ1v) is 13.8. The van der Waals surface area contributed by atoms with Crippen LogP contribution >= 0.6 is 0 Å². The third-order valence-electron chi connectivity index (χ3n) is 6.14. The molecule has 0 radical (unpaired) electrons. The minimum absolute atomic E-state index is 1.27. The lowest BCUT2D eigenvalue weighted by molar-refractivity contribution is 0.348. The average molecular weight is 408 g/mol. The van der Waals surface area contributed by atoms with Crippen molar-refractivity contribution in [2.45, 2.75) is 156 Å². The summed E-state index contributed by atoms with van der Waals surface area (Å²) >= 11 is 0. The third-order valence-corrected chi connectivity index (χ3v) is 6.14. The van der Waals surface area contributed by atoms with Crippen LogP contribution in [0.1, 0.15) is 156 Å². The van der Waals surface area contributed by atoms with Gasteiger partial charge in [0.2, 0.25) is 0 Å². The zero-order valence-electron chi connectivity index (χ0n) is 20.9. The lowest BCUT2D eigenvalue weighted by atomic mass is 10.1. The topological polar surface area (TPSA) is 3.24 Å². The number of hydrogen-bond acceptors (Lipinski definition) is 1. The Kier molecular flexibility index (Phi) is 25.2. The molecule has 0 aromatic carbocycles. The molecule has 0 aliphatic carbocycles. The van der Waals surface area contributed by atoms with E-state index in [1.54, 1.807) is 0 Å². The second kappa shape index (κ2) is 25.6. The minimum Gasteiger partial charge on any atom is -0.378 e. The van der Waals surface area contributed by atoms with Crippen LogP contribution in [0, 0.1) is 0 Å². The molecule has 0 N–H and O–H groups in total. The largest absolute Gasteiger partial charge is 0.378 e. The first-order chi connectivity index (χ1) is 14.3. The van der Waals surface area contributed by atoms with Crippen molar-refractivity contribution in [1.82, 2.24) is 4.90 Å². The van der Waals surface area contributed by atoms with Crippen molar-refractivity contribution in [3.63, 3.8) is 0 Å². The van der Waals surface area contributed by atoms with Crippen LogP contribution in [-0.2, 0) is 0 Å². The SMILES string of the molecule is CCCCCCCCCCC=CN(CCCCCCCC)CCCCCCCC. The predicted molar refractivity (Wildman–Crippen MR) is 135 cm³/mol. The molecule has 0 bridgehead atoms. The Morgan fingerprint density at radius 2 is 0.759 bits per heavy atom. The zero-order chi connectivity index (χ0) is 21.3. The minimum atomic E-state index is 1.27. The van der Waals surface area contributed by atoms with Crippen LogP contribution in [0.4, 0.5) is 0 Å². The maximum Gasteiger partial charge on any atom is 0.0172 e. The fourth-order valence-corrected chi connectivity index (χ4v) is 4.07. The summed E-state index contributed by atoms with van der Waals surface area (Å²) in [5.74, 6) is 0. The highest BCUT2D eigenvalue weighted by molar-refractivity contribution is 4.82. The van der Waals surface area contributed by atoms with Crippen molar-refractivity contribution in [1.29, 1.82) is 0 Å². The van der Waals surface area contributed by atoms with Gasteiger partial charge in [0.15, 0.2) is 0 Å². The highest BCUT2D eigenvalue weighted by Gasteiger charge is 2.00. The smallest absolute Gasteiger partial charge is 0.0172 e. The molecule has 0 saturated heterocycles. The van der Waals surface area contributed by atoms with Gasteiger partial charge in [0.1, 0.15) is 0 Å². The van der Waals surface area contributed by atoms with E-state index in [1.807, 2.05) is 0 Å². The van der Waals surface area contributed by atoms with E-state index in [0.717, 1.165) is 0 Å². The lowest BCUT2D eigenvalue weighted by Gasteiger charge is -2.20. The van der Waals surface area contributed by atoms with Crippen molar-refractivity contribution in [3.05, 3.63) is 12.3 Å². The summed E-state index contributed by atoms with van der Waals surface area (Å²) < 4.78 is 0. The highest BCUT2D eigenvalue weighted by atomic mass is 15.1. The van der Waals surface area contributed by atoms with Crippen LogP contribution in [0.25, 0.3) is 0 Å². The van der Waals surface area contributed by atoms with Crippen molar-refractivity contribution in [2.24, 2.45) is 0 Å². The van der Waals surface area contributed by atoms with E-state index in [4.69, 9.17) is 0 Å². The normalized spacial score (nSPS) is 11.6. The molecule has 0 aromatic heterocycles. The summed E-state index contributed by atoms with van der Waals surface area (Å²) in [6, 6.07) is 0. The maximum atomic E-state index is 2.63. The van der Waals surface area contributed by atoms with Gasteiger partial charge in [-0.1, -0.05) is 136 Å². The Hall–Kier alpha value is -0.460. The molecule has 29 heavy (non-hydrogen) atoms. The summed E-state index contributed by atoms with van der Waals surface area (Å²) in [7, 11) is 0. The number of unbranched alkanes of at least 4 members (excludes halogenated alkanes) is 18. The fraction of sp³-hybridized carbons (Fsp3) is 0.929. The van der Waals surface area contributed by atoms with E-state index in [9.17, 15) is 0 Å². The Balaban J connectivity index is 3.87. The first kappa shape index (κ1) is 28.5. The van der Waals surface area contributed by atoms with Gasteiger partial charge in [0, 0.05) is 13.1 Å². The van der Waals surface area contributed by atoms with E-state index < -0.39 is 0 Å². The Labute approximate surface area is 186 Å². The number of allylic oxidation sites excluding steroid dienone is 1. The van der Waals surface area contributed by atoms with Gasteiger partial charge in [0.05, 0.1) is 0 Å². The van der Waals surface area contributed by atoms with Gasteiger partial charge in [-0.05, 0) is 31.9 Å². The second-order valence-electron chi connectivity index (χ2n) is 9.22. The third kappa shape index (κ3) is 23.7. The molecule has 0 aromatic rings. The molecule has 0 aliphatic rings. The fourth-order valence-electron chi connectivity index (χ4n) is 4.07. The van der Waals surface area contributed by atoms with Crippen LogP contribution < -0.4 is 0 Å². The maximum absolute atomic E-state index is 2.63. The van der Waals surface area contributed by atoms with Crippen LogP contribution in [-0.4, -0.2) is 18.0 Å². The molecule has 0 atom stereocenters. The van der Waals surface area contributed by atoms with Gasteiger partial charge in [-0.15, -0.1) is 0 Å². The molecule has 0 saturated carbocycles. The van der Waals surface area contributed by atoms with E-state index in [1.165, 1.54) is 148 Å². The molecule has 0 heterocycles. The Bertz CT molecular complexity index is 293. The van der Waals surface area contributed by atoms with Crippen molar-refractivity contribution in [3.8, 4) is 0 Å². The molecular formula is C28H57N. The van der Waals surface area contributed by atoms with Crippen LogP contribution in [0.15, 0.2) is 12.3 Å². The molecule has 0 aliphatic heterocycles. The van der Waals surface area contributed by atoms with Gasteiger partial charge in [-0.2, -0.15) is 0 Å². The monoisotopic (exact) mass is 407 g/mol. The molecule has 174 valence electrons. The van der Waals surface area contributed by atoms with Gasteiger partial charge in [-0.3, -0.25) is 0 Å². The number of rotatable bonds is 24. The summed E-state index contributed by atoms with van der Waals surface area (Å²) in [6.45, 7) is 9.46. The van der Waals surface area contributed by atoms with Gasteiger partial charge < -0.3 is 4.90 Å². The van der Waals surface area contributed by atoms with Crippen molar-refractivity contribution in [2.75, 3.05) is 13.1 Å². The van der Waals surface area contributed by atoms with E-state index in [0.29, 0.717) is 0 Å².